The third kappa shape index (κ3) is 2.94. The van der Waals surface area contributed by atoms with Gasteiger partial charge in [-0.05, 0) is 26.2 Å². The number of amides is 1. The van der Waals surface area contributed by atoms with Gasteiger partial charge in [-0.15, -0.1) is 0 Å². The van der Waals surface area contributed by atoms with Crippen molar-refractivity contribution in [3.8, 4) is 0 Å². The first-order valence-electron chi connectivity index (χ1n) is 7.42. The highest BCUT2D eigenvalue weighted by Crippen LogP contribution is 2.35. The first kappa shape index (κ1) is 15.5. The lowest BCUT2D eigenvalue weighted by Crippen LogP contribution is -2.50. The smallest absolute Gasteiger partial charge is 0.311 e. The zero-order valence-electron chi connectivity index (χ0n) is 12.9. The molecule has 1 fully saturated rings. The van der Waals surface area contributed by atoms with E-state index in [1.165, 1.54) is 0 Å². The number of carboxylic acid groups (broad SMARTS) is 1. The molecule has 1 aliphatic rings. The normalized spacial score (nSPS) is 22.3. The van der Waals surface area contributed by atoms with Crippen molar-refractivity contribution in [3.05, 3.63) is 17.5 Å². The first-order valence-corrected chi connectivity index (χ1v) is 7.42. The summed E-state index contributed by atoms with van der Waals surface area (Å²) in [5, 5.41) is 13.8. The van der Waals surface area contributed by atoms with Crippen molar-refractivity contribution in [1.82, 2.24) is 14.7 Å². The maximum Gasteiger partial charge on any atom is 0.311 e. The summed E-state index contributed by atoms with van der Waals surface area (Å²) in [6.45, 7) is 4.69. The summed E-state index contributed by atoms with van der Waals surface area (Å²) in [6.07, 6.45) is 4.50. The van der Waals surface area contributed by atoms with Gasteiger partial charge in [-0.1, -0.05) is 13.3 Å². The van der Waals surface area contributed by atoms with Gasteiger partial charge in [0.05, 0.1) is 16.7 Å². The molecule has 0 bridgehead atoms. The van der Waals surface area contributed by atoms with Crippen LogP contribution in [0.15, 0.2) is 6.20 Å². The number of aliphatic carboxylic acids is 1. The molecule has 1 atom stereocenters. The summed E-state index contributed by atoms with van der Waals surface area (Å²) < 4.78 is 1.61. The topological polar surface area (TPSA) is 75.4 Å². The van der Waals surface area contributed by atoms with Crippen LogP contribution in [0, 0.1) is 12.3 Å². The van der Waals surface area contributed by atoms with Gasteiger partial charge >= 0.3 is 5.97 Å². The second-order valence-corrected chi connectivity index (χ2v) is 5.97. The largest absolute Gasteiger partial charge is 0.481 e. The van der Waals surface area contributed by atoms with Gasteiger partial charge in [0, 0.05) is 26.3 Å². The number of carboxylic acids is 1. The van der Waals surface area contributed by atoms with Crippen LogP contribution in [0.25, 0.3) is 0 Å². The number of piperidine rings is 1. The highest BCUT2D eigenvalue weighted by atomic mass is 16.4. The number of aromatic nitrogens is 2. The van der Waals surface area contributed by atoms with Crippen molar-refractivity contribution < 1.29 is 14.7 Å². The predicted molar refractivity (Wildman–Crippen MR) is 78.1 cm³/mol. The Hall–Kier alpha value is -1.85. The molecule has 1 aromatic heterocycles. The number of hydrogen-bond donors (Lipinski definition) is 1. The third-order valence-corrected chi connectivity index (χ3v) is 4.29. The molecule has 0 saturated carbocycles. The van der Waals surface area contributed by atoms with Gasteiger partial charge in [0.15, 0.2) is 0 Å². The van der Waals surface area contributed by atoms with Gasteiger partial charge in [-0.2, -0.15) is 5.10 Å². The van der Waals surface area contributed by atoms with Crippen LogP contribution in [-0.2, 0) is 11.8 Å². The van der Waals surface area contributed by atoms with E-state index in [1.54, 1.807) is 29.7 Å². The van der Waals surface area contributed by atoms with Gasteiger partial charge in [0.1, 0.15) is 0 Å². The zero-order chi connectivity index (χ0) is 15.6. The van der Waals surface area contributed by atoms with E-state index in [-0.39, 0.29) is 5.91 Å². The highest BCUT2D eigenvalue weighted by molar-refractivity contribution is 5.95. The molecule has 1 N–H and O–H groups in total. The zero-order valence-corrected chi connectivity index (χ0v) is 12.9. The van der Waals surface area contributed by atoms with E-state index in [0.29, 0.717) is 37.2 Å². The average Bonchev–Trinajstić information content (AvgIpc) is 2.77. The van der Waals surface area contributed by atoms with Crippen molar-refractivity contribution in [2.75, 3.05) is 13.1 Å². The SMILES string of the molecule is CCC[C@@]1(C(=O)O)CCCN(C(=O)c2cn(C)nc2C)C1. The lowest BCUT2D eigenvalue weighted by atomic mass is 9.76. The molecule has 2 heterocycles. The summed E-state index contributed by atoms with van der Waals surface area (Å²) in [5.41, 5.74) is 0.457. The van der Waals surface area contributed by atoms with E-state index < -0.39 is 11.4 Å². The van der Waals surface area contributed by atoms with Crippen LogP contribution in [0.3, 0.4) is 0 Å². The van der Waals surface area contributed by atoms with E-state index in [4.69, 9.17) is 0 Å². The maximum atomic E-state index is 12.6. The second kappa shape index (κ2) is 5.87. The molecule has 0 aliphatic carbocycles. The molecule has 1 amide bonds. The number of carbonyl (C=O) groups excluding carboxylic acids is 1. The number of hydrogen-bond acceptors (Lipinski definition) is 3. The molecule has 2 rings (SSSR count). The van der Waals surface area contributed by atoms with E-state index in [1.807, 2.05) is 6.92 Å². The van der Waals surface area contributed by atoms with Gasteiger partial charge in [0.25, 0.3) is 5.91 Å². The van der Waals surface area contributed by atoms with Crippen LogP contribution in [0.4, 0.5) is 0 Å². The quantitative estimate of drug-likeness (QED) is 0.919. The monoisotopic (exact) mass is 293 g/mol. The third-order valence-electron chi connectivity index (χ3n) is 4.29. The Kier molecular flexibility index (Phi) is 4.34. The fourth-order valence-corrected chi connectivity index (χ4v) is 3.25. The van der Waals surface area contributed by atoms with E-state index in [9.17, 15) is 14.7 Å². The summed E-state index contributed by atoms with van der Waals surface area (Å²) in [6, 6.07) is 0. The fraction of sp³-hybridized carbons (Fsp3) is 0.667. The Bertz CT molecular complexity index is 548. The van der Waals surface area contributed by atoms with Gasteiger partial charge in [-0.25, -0.2) is 0 Å². The maximum absolute atomic E-state index is 12.6. The summed E-state index contributed by atoms with van der Waals surface area (Å²) in [7, 11) is 1.78. The van der Waals surface area contributed by atoms with Crippen molar-refractivity contribution in [2.45, 2.75) is 39.5 Å². The lowest BCUT2D eigenvalue weighted by Gasteiger charge is -2.39. The minimum atomic E-state index is -0.793. The molecule has 6 heteroatoms. The Morgan fingerprint density at radius 1 is 1.48 bits per heavy atom. The number of carbonyl (C=O) groups is 2. The molecule has 0 spiro atoms. The predicted octanol–water partition coefficient (Wildman–Crippen LogP) is 1.84. The standard InChI is InChI=1S/C15H23N3O3/c1-4-6-15(14(20)21)7-5-8-18(10-15)13(19)12-9-17(3)16-11(12)2/h9H,4-8,10H2,1-3H3,(H,20,21)/t15-/m1/s1. The van der Waals surface area contributed by atoms with Crippen LogP contribution in [-0.4, -0.2) is 44.8 Å². The van der Waals surface area contributed by atoms with E-state index in [0.717, 1.165) is 12.8 Å². The number of nitrogens with zero attached hydrogens (tertiary/aromatic N) is 3. The van der Waals surface area contributed by atoms with Gasteiger partial charge in [0.2, 0.25) is 0 Å². The van der Waals surface area contributed by atoms with Gasteiger partial charge in [-0.3, -0.25) is 14.3 Å². The Labute approximate surface area is 124 Å². The van der Waals surface area contributed by atoms with Crippen molar-refractivity contribution in [3.63, 3.8) is 0 Å². The number of aryl methyl sites for hydroxylation is 2. The molecule has 1 aromatic rings. The Balaban J connectivity index is 2.22. The number of likely N-dealkylation sites (tertiary alicyclic amines) is 1. The molecular formula is C15H23N3O3. The van der Waals surface area contributed by atoms with Crippen LogP contribution in [0.2, 0.25) is 0 Å². The van der Waals surface area contributed by atoms with Crippen LogP contribution >= 0.6 is 0 Å². The molecular weight excluding hydrogens is 270 g/mol. The van der Waals surface area contributed by atoms with Crippen molar-refractivity contribution in [2.24, 2.45) is 12.5 Å². The molecule has 0 unspecified atom stereocenters. The summed E-state index contributed by atoms with van der Waals surface area (Å²) in [5.74, 6) is -0.896. The van der Waals surface area contributed by atoms with Crippen LogP contribution < -0.4 is 0 Å². The van der Waals surface area contributed by atoms with Crippen LogP contribution in [0.5, 0.6) is 0 Å². The Morgan fingerprint density at radius 3 is 2.71 bits per heavy atom. The minimum Gasteiger partial charge on any atom is -0.481 e. The second-order valence-electron chi connectivity index (χ2n) is 5.97. The molecule has 21 heavy (non-hydrogen) atoms. The molecule has 0 radical (unpaired) electrons. The minimum absolute atomic E-state index is 0.109. The van der Waals surface area contributed by atoms with Crippen molar-refractivity contribution >= 4 is 11.9 Å². The lowest BCUT2D eigenvalue weighted by molar-refractivity contribution is -0.152. The molecule has 6 nitrogen and oxygen atoms in total. The highest BCUT2D eigenvalue weighted by Gasteiger charge is 2.43. The molecule has 116 valence electrons. The fourth-order valence-electron chi connectivity index (χ4n) is 3.25. The average molecular weight is 293 g/mol. The van der Waals surface area contributed by atoms with E-state index in [2.05, 4.69) is 5.10 Å². The summed E-state index contributed by atoms with van der Waals surface area (Å²) >= 11 is 0. The Morgan fingerprint density at radius 2 is 2.19 bits per heavy atom. The molecule has 1 aliphatic heterocycles. The summed E-state index contributed by atoms with van der Waals surface area (Å²) in [4.78, 5) is 26.0. The van der Waals surface area contributed by atoms with Gasteiger partial charge < -0.3 is 10.0 Å². The van der Waals surface area contributed by atoms with E-state index >= 15 is 0 Å². The van der Waals surface area contributed by atoms with Crippen molar-refractivity contribution in [1.29, 1.82) is 0 Å². The number of rotatable bonds is 4. The first-order chi connectivity index (χ1) is 9.89. The van der Waals surface area contributed by atoms with Crippen LogP contribution in [0.1, 0.15) is 48.7 Å². The molecule has 1 saturated heterocycles. The molecule has 0 aromatic carbocycles.